The van der Waals surface area contributed by atoms with Crippen molar-refractivity contribution in [2.75, 3.05) is 5.73 Å². The highest BCUT2D eigenvalue weighted by Crippen LogP contribution is 2.16. The molecule has 3 N–H and O–H groups in total. The Labute approximate surface area is 107 Å². The topological polar surface area (TPSA) is 80.9 Å². The van der Waals surface area contributed by atoms with E-state index in [0.29, 0.717) is 5.69 Å². The molecule has 0 radical (unpaired) electrons. The van der Waals surface area contributed by atoms with Gasteiger partial charge in [0.15, 0.2) is 11.6 Å². The van der Waals surface area contributed by atoms with Gasteiger partial charge in [-0.15, -0.1) is 0 Å². The van der Waals surface area contributed by atoms with E-state index in [4.69, 9.17) is 5.73 Å². The van der Waals surface area contributed by atoms with Crippen LogP contribution in [0.5, 0.6) is 0 Å². The second kappa shape index (κ2) is 5.38. The molecule has 2 aromatic rings. The Bertz CT molecular complexity index is 604. The molecule has 0 unspecified atom stereocenters. The highest BCUT2D eigenvalue weighted by atomic mass is 19.2. The Kier molecular flexibility index (Phi) is 3.65. The summed E-state index contributed by atoms with van der Waals surface area (Å²) in [5, 5.41) is 9.90. The van der Waals surface area contributed by atoms with Gasteiger partial charge in [0.2, 0.25) is 0 Å². The number of nitrogens with one attached hydrogen (secondary N) is 1. The predicted molar refractivity (Wildman–Crippen MR) is 64.0 cm³/mol. The monoisotopic (exact) mass is 264 g/mol. The maximum Gasteiger partial charge on any atom is 0.253 e. The molecule has 7 heteroatoms. The molecule has 0 saturated heterocycles. The zero-order valence-corrected chi connectivity index (χ0v) is 9.73. The third-order valence-corrected chi connectivity index (χ3v) is 2.39. The molecule has 1 amide bonds. The average molecular weight is 264 g/mol. The number of nitrogens with two attached hydrogens (primary N) is 1. The van der Waals surface area contributed by atoms with Gasteiger partial charge in [-0.25, -0.2) is 8.78 Å². The van der Waals surface area contributed by atoms with Crippen LogP contribution in [0.1, 0.15) is 16.1 Å². The maximum absolute atomic E-state index is 13.0. The van der Waals surface area contributed by atoms with E-state index < -0.39 is 17.5 Å². The van der Waals surface area contributed by atoms with Crippen molar-refractivity contribution in [1.29, 1.82) is 0 Å². The fraction of sp³-hybridized carbons (Fsp3) is 0.0833. The van der Waals surface area contributed by atoms with E-state index >= 15 is 0 Å². The van der Waals surface area contributed by atoms with Crippen LogP contribution in [-0.4, -0.2) is 16.1 Å². The Morgan fingerprint density at radius 3 is 2.74 bits per heavy atom. The van der Waals surface area contributed by atoms with Crippen molar-refractivity contribution in [2.24, 2.45) is 0 Å². The number of nitrogen functional groups attached to an aromatic ring is 1. The largest absolute Gasteiger partial charge is 0.398 e. The summed E-state index contributed by atoms with van der Waals surface area (Å²) in [6.45, 7) is 0.116. The second-order valence-electron chi connectivity index (χ2n) is 3.75. The number of nitrogens with zero attached hydrogens (tertiary/aromatic N) is 2. The summed E-state index contributed by atoms with van der Waals surface area (Å²) in [7, 11) is 0. The minimum Gasteiger partial charge on any atom is -0.398 e. The summed E-state index contributed by atoms with van der Waals surface area (Å²) in [4.78, 5) is 11.8. The van der Waals surface area contributed by atoms with Gasteiger partial charge >= 0.3 is 0 Å². The van der Waals surface area contributed by atoms with Crippen LogP contribution in [-0.2, 0) is 6.54 Å². The number of carbonyl (C=O) groups excluding carboxylic acids is 1. The van der Waals surface area contributed by atoms with Crippen LogP contribution in [0, 0.1) is 11.6 Å². The van der Waals surface area contributed by atoms with E-state index in [1.807, 2.05) is 0 Å². The van der Waals surface area contributed by atoms with Gasteiger partial charge < -0.3 is 11.1 Å². The second-order valence-corrected chi connectivity index (χ2v) is 3.75. The zero-order chi connectivity index (χ0) is 13.8. The molecule has 0 aliphatic heterocycles. The van der Waals surface area contributed by atoms with Crippen molar-refractivity contribution in [3.63, 3.8) is 0 Å². The SMILES string of the molecule is Nc1cc(F)c(F)cc1C(=O)NCc1cccnn1. The van der Waals surface area contributed by atoms with Gasteiger partial charge in [0, 0.05) is 18.0 Å². The minimum atomic E-state index is -1.13. The molecule has 1 heterocycles. The molecule has 0 spiro atoms. The molecule has 5 nitrogen and oxygen atoms in total. The maximum atomic E-state index is 13.0. The first-order valence-electron chi connectivity index (χ1n) is 5.37. The Balaban J connectivity index is 2.10. The summed E-state index contributed by atoms with van der Waals surface area (Å²) >= 11 is 0. The van der Waals surface area contributed by atoms with Crippen molar-refractivity contribution in [3.8, 4) is 0 Å². The third-order valence-electron chi connectivity index (χ3n) is 2.39. The Hall–Kier alpha value is -2.57. The first-order chi connectivity index (χ1) is 9.08. The van der Waals surface area contributed by atoms with Gasteiger partial charge in [0.1, 0.15) is 0 Å². The van der Waals surface area contributed by atoms with Gasteiger partial charge in [-0.2, -0.15) is 10.2 Å². The smallest absolute Gasteiger partial charge is 0.253 e. The molecule has 1 aromatic heterocycles. The minimum absolute atomic E-state index is 0.116. The van der Waals surface area contributed by atoms with Crippen LogP contribution >= 0.6 is 0 Å². The van der Waals surface area contributed by atoms with Gasteiger partial charge in [0.25, 0.3) is 5.91 Å². The molecule has 0 fully saturated rings. The number of hydrogen-bond acceptors (Lipinski definition) is 4. The molecular weight excluding hydrogens is 254 g/mol. The standard InChI is InChI=1S/C12H10F2N4O/c13-9-4-8(11(15)5-10(9)14)12(19)16-6-7-2-1-3-17-18-7/h1-5H,6,15H2,(H,16,19). The summed E-state index contributed by atoms with van der Waals surface area (Å²) in [5.74, 6) is -2.83. The predicted octanol–water partition coefficient (Wildman–Crippen LogP) is 1.27. The highest BCUT2D eigenvalue weighted by molar-refractivity contribution is 5.99. The normalized spacial score (nSPS) is 10.2. The number of rotatable bonds is 3. The number of hydrogen-bond donors (Lipinski definition) is 2. The average Bonchev–Trinajstić information content (AvgIpc) is 2.41. The summed E-state index contributed by atoms with van der Waals surface area (Å²) in [6, 6.07) is 4.87. The Morgan fingerprint density at radius 2 is 2.05 bits per heavy atom. The highest BCUT2D eigenvalue weighted by Gasteiger charge is 2.14. The van der Waals surface area contributed by atoms with Crippen LogP contribution < -0.4 is 11.1 Å². The first-order valence-corrected chi connectivity index (χ1v) is 5.37. The molecule has 0 saturated carbocycles. The molecule has 0 aliphatic carbocycles. The number of benzene rings is 1. The molecule has 0 atom stereocenters. The van der Waals surface area contributed by atoms with Gasteiger partial charge in [-0.1, -0.05) is 0 Å². The lowest BCUT2D eigenvalue weighted by Crippen LogP contribution is -2.24. The quantitative estimate of drug-likeness (QED) is 0.818. The summed E-state index contributed by atoms with van der Waals surface area (Å²) in [6.07, 6.45) is 1.50. The molecular formula is C12H10F2N4O. The van der Waals surface area contributed by atoms with Gasteiger partial charge in [0.05, 0.1) is 17.8 Å². The third kappa shape index (κ3) is 3.01. The van der Waals surface area contributed by atoms with Crippen LogP contribution in [0.3, 0.4) is 0 Å². The molecule has 2 rings (SSSR count). The van der Waals surface area contributed by atoms with E-state index in [-0.39, 0.29) is 17.8 Å². The van der Waals surface area contributed by atoms with Crippen molar-refractivity contribution in [3.05, 3.63) is 53.4 Å². The van der Waals surface area contributed by atoms with Crippen LogP contribution in [0.2, 0.25) is 0 Å². The lowest BCUT2D eigenvalue weighted by molar-refractivity contribution is 0.0950. The van der Waals surface area contributed by atoms with E-state index in [0.717, 1.165) is 12.1 Å². The number of amides is 1. The fourth-order valence-electron chi connectivity index (χ4n) is 1.45. The lowest BCUT2D eigenvalue weighted by atomic mass is 10.1. The summed E-state index contributed by atoms with van der Waals surface area (Å²) < 4.78 is 25.9. The first kappa shape index (κ1) is 12.9. The number of anilines is 1. The van der Waals surface area contributed by atoms with Crippen molar-refractivity contribution in [2.45, 2.75) is 6.54 Å². The van der Waals surface area contributed by atoms with Crippen molar-refractivity contribution < 1.29 is 13.6 Å². The van der Waals surface area contributed by atoms with Crippen LogP contribution in [0.25, 0.3) is 0 Å². The summed E-state index contributed by atoms with van der Waals surface area (Å²) in [5.41, 5.74) is 5.75. The molecule has 1 aromatic carbocycles. The van der Waals surface area contributed by atoms with Gasteiger partial charge in [-0.05, 0) is 18.2 Å². The van der Waals surface area contributed by atoms with E-state index in [9.17, 15) is 13.6 Å². The number of aromatic nitrogens is 2. The van der Waals surface area contributed by atoms with E-state index in [1.165, 1.54) is 6.20 Å². The number of carbonyl (C=O) groups is 1. The lowest BCUT2D eigenvalue weighted by Gasteiger charge is -2.07. The van der Waals surface area contributed by atoms with E-state index in [1.54, 1.807) is 12.1 Å². The Morgan fingerprint density at radius 1 is 1.32 bits per heavy atom. The molecule has 0 bridgehead atoms. The fourth-order valence-corrected chi connectivity index (χ4v) is 1.45. The van der Waals surface area contributed by atoms with Gasteiger partial charge in [-0.3, -0.25) is 4.79 Å². The van der Waals surface area contributed by atoms with Crippen LogP contribution in [0.15, 0.2) is 30.5 Å². The van der Waals surface area contributed by atoms with E-state index in [2.05, 4.69) is 15.5 Å². The molecule has 0 aliphatic rings. The zero-order valence-electron chi connectivity index (χ0n) is 9.73. The molecule has 19 heavy (non-hydrogen) atoms. The van der Waals surface area contributed by atoms with Crippen LogP contribution in [0.4, 0.5) is 14.5 Å². The van der Waals surface area contributed by atoms with Crippen molar-refractivity contribution >= 4 is 11.6 Å². The molecule has 98 valence electrons. The van der Waals surface area contributed by atoms with Crippen molar-refractivity contribution in [1.82, 2.24) is 15.5 Å². The number of halogens is 2.